The van der Waals surface area contributed by atoms with E-state index in [-0.39, 0.29) is 0 Å². The summed E-state index contributed by atoms with van der Waals surface area (Å²) in [5, 5.41) is 1.87. The Bertz CT molecular complexity index is 110. The van der Waals surface area contributed by atoms with E-state index in [1.165, 1.54) is 0 Å². The van der Waals surface area contributed by atoms with Gasteiger partial charge in [0.05, 0.1) is 0 Å². The highest BCUT2D eigenvalue weighted by Gasteiger charge is 2.11. The van der Waals surface area contributed by atoms with Crippen molar-refractivity contribution < 1.29 is 4.79 Å². The van der Waals surface area contributed by atoms with Crippen molar-refractivity contribution in [2.45, 2.75) is 0 Å². The van der Waals surface area contributed by atoms with Crippen LogP contribution < -0.4 is 5.43 Å². The minimum absolute atomic E-state index is 0.895. The summed E-state index contributed by atoms with van der Waals surface area (Å²) in [5.74, 6) is 0. The monoisotopic (exact) mass is 142 g/mol. The SMILES string of the molecule is CN1CCN(N[C]=O)CC1. The van der Waals surface area contributed by atoms with Gasteiger partial charge in [-0.05, 0) is 7.05 Å². The number of carbonyl (C=O) groups excluding carboxylic acids is 1. The molecule has 1 heterocycles. The van der Waals surface area contributed by atoms with E-state index in [9.17, 15) is 4.79 Å². The lowest BCUT2D eigenvalue weighted by molar-refractivity contribution is 0.129. The molecule has 1 aliphatic heterocycles. The van der Waals surface area contributed by atoms with E-state index in [2.05, 4.69) is 17.4 Å². The molecule has 1 N–H and O–H groups in total. The van der Waals surface area contributed by atoms with Crippen LogP contribution in [0.4, 0.5) is 0 Å². The molecule has 1 aliphatic rings. The first kappa shape index (κ1) is 7.50. The number of amides is 1. The Kier molecular flexibility index (Phi) is 2.65. The van der Waals surface area contributed by atoms with Crippen LogP contribution in [0.5, 0.6) is 0 Å². The number of hydrogen-bond acceptors (Lipinski definition) is 3. The van der Waals surface area contributed by atoms with Gasteiger partial charge in [0.1, 0.15) is 0 Å². The van der Waals surface area contributed by atoms with Crippen molar-refractivity contribution in [3.63, 3.8) is 0 Å². The van der Waals surface area contributed by atoms with Crippen molar-refractivity contribution in [1.29, 1.82) is 0 Å². The van der Waals surface area contributed by atoms with Gasteiger partial charge in [-0.1, -0.05) is 0 Å². The molecule has 1 saturated heterocycles. The molecule has 4 nitrogen and oxygen atoms in total. The first-order valence-corrected chi connectivity index (χ1v) is 3.39. The summed E-state index contributed by atoms with van der Waals surface area (Å²) in [5.41, 5.74) is 2.51. The Morgan fingerprint density at radius 3 is 2.40 bits per heavy atom. The van der Waals surface area contributed by atoms with Crippen LogP contribution in [0.1, 0.15) is 0 Å². The highest BCUT2D eigenvalue weighted by molar-refractivity contribution is 5.46. The quantitative estimate of drug-likeness (QED) is 0.492. The number of nitrogens with zero attached hydrogens (tertiary/aromatic N) is 2. The number of likely N-dealkylation sites (N-methyl/N-ethyl adjacent to an activating group) is 1. The minimum Gasteiger partial charge on any atom is -0.304 e. The van der Waals surface area contributed by atoms with Crippen molar-refractivity contribution in [3.8, 4) is 0 Å². The van der Waals surface area contributed by atoms with Crippen LogP contribution >= 0.6 is 0 Å². The lowest BCUT2D eigenvalue weighted by Gasteiger charge is -2.30. The molecule has 1 amide bonds. The van der Waals surface area contributed by atoms with Gasteiger partial charge < -0.3 is 4.90 Å². The molecule has 0 saturated carbocycles. The molecule has 0 unspecified atom stereocenters. The van der Waals surface area contributed by atoms with E-state index in [4.69, 9.17) is 0 Å². The molecule has 0 atom stereocenters. The van der Waals surface area contributed by atoms with E-state index in [0.29, 0.717) is 0 Å². The first-order valence-electron chi connectivity index (χ1n) is 3.39. The molecule has 0 spiro atoms. The van der Waals surface area contributed by atoms with E-state index >= 15 is 0 Å². The number of rotatable bonds is 2. The van der Waals surface area contributed by atoms with Gasteiger partial charge in [0, 0.05) is 26.2 Å². The summed E-state index contributed by atoms with van der Waals surface area (Å²) in [6.45, 7) is 3.81. The Labute approximate surface area is 60.8 Å². The third-order valence-electron chi connectivity index (χ3n) is 1.71. The lowest BCUT2D eigenvalue weighted by Crippen LogP contribution is -2.50. The molecular formula is C6H12N3O. The summed E-state index contributed by atoms with van der Waals surface area (Å²) in [7, 11) is 2.07. The summed E-state index contributed by atoms with van der Waals surface area (Å²) in [6, 6.07) is 0. The molecule has 0 aromatic carbocycles. The zero-order valence-electron chi connectivity index (χ0n) is 6.13. The maximum absolute atomic E-state index is 9.86. The average Bonchev–Trinajstić information content (AvgIpc) is 1.95. The Morgan fingerprint density at radius 1 is 1.30 bits per heavy atom. The predicted molar refractivity (Wildman–Crippen MR) is 37.9 cm³/mol. The van der Waals surface area contributed by atoms with Gasteiger partial charge >= 0.3 is 6.41 Å². The van der Waals surface area contributed by atoms with Crippen LogP contribution in [0.25, 0.3) is 0 Å². The molecule has 10 heavy (non-hydrogen) atoms. The molecule has 0 aliphatic carbocycles. The van der Waals surface area contributed by atoms with Crippen molar-refractivity contribution in [2.75, 3.05) is 33.2 Å². The highest BCUT2D eigenvalue weighted by atomic mass is 16.1. The Balaban J connectivity index is 2.19. The number of hydrazine groups is 1. The van der Waals surface area contributed by atoms with Crippen molar-refractivity contribution in [1.82, 2.24) is 15.3 Å². The zero-order chi connectivity index (χ0) is 7.40. The normalized spacial score (nSPS) is 22.5. The second-order valence-electron chi connectivity index (χ2n) is 2.50. The number of hydrogen-bond donors (Lipinski definition) is 1. The largest absolute Gasteiger partial charge is 0.324 e. The van der Waals surface area contributed by atoms with E-state index < -0.39 is 0 Å². The van der Waals surface area contributed by atoms with Crippen LogP contribution in [0.2, 0.25) is 0 Å². The Hall–Kier alpha value is -0.610. The van der Waals surface area contributed by atoms with E-state index in [1.807, 2.05) is 5.01 Å². The second kappa shape index (κ2) is 3.53. The fourth-order valence-corrected chi connectivity index (χ4v) is 0.983. The van der Waals surface area contributed by atoms with Gasteiger partial charge in [-0.15, -0.1) is 0 Å². The van der Waals surface area contributed by atoms with Gasteiger partial charge in [0.15, 0.2) is 0 Å². The standard InChI is InChI=1S/C6H12N3O/c1-8-2-4-9(5-3-8)7-6-10/h2-5H2,1H3,(H,7,10). The molecule has 4 heteroatoms. The van der Waals surface area contributed by atoms with Crippen molar-refractivity contribution in [2.24, 2.45) is 0 Å². The van der Waals surface area contributed by atoms with Crippen LogP contribution in [0.15, 0.2) is 0 Å². The Morgan fingerprint density at radius 2 is 1.90 bits per heavy atom. The maximum Gasteiger partial charge on any atom is 0.324 e. The zero-order valence-corrected chi connectivity index (χ0v) is 6.13. The second-order valence-corrected chi connectivity index (χ2v) is 2.50. The molecule has 0 aromatic rings. The number of nitrogens with one attached hydrogen (secondary N) is 1. The van der Waals surface area contributed by atoms with E-state index in [1.54, 1.807) is 6.41 Å². The summed E-state index contributed by atoms with van der Waals surface area (Å²) in [6.07, 6.45) is 1.66. The van der Waals surface area contributed by atoms with Gasteiger partial charge in [-0.25, -0.2) is 5.01 Å². The van der Waals surface area contributed by atoms with Crippen LogP contribution in [0.3, 0.4) is 0 Å². The van der Waals surface area contributed by atoms with Gasteiger partial charge in [0.25, 0.3) is 0 Å². The van der Waals surface area contributed by atoms with Gasteiger partial charge in [-0.3, -0.25) is 10.2 Å². The molecule has 57 valence electrons. The van der Waals surface area contributed by atoms with Gasteiger partial charge in [0.2, 0.25) is 0 Å². The molecule has 1 rings (SSSR count). The molecule has 0 aromatic heterocycles. The third kappa shape index (κ3) is 1.97. The van der Waals surface area contributed by atoms with Gasteiger partial charge in [-0.2, -0.15) is 0 Å². The maximum atomic E-state index is 9.86. The van der Waals surface area contributed by atoms with Crippen molar-refractivity contribution in [3.05, 3.63) is 0 Å². The van der Waals surface area contributed by atoms with E-state index in [0.717, 1.165) is 26.2 Å². The highest BCUT2D eigenvalue weighted by Crippen LogP contribution is 1.93. The fraction of sp³-hybridized carbons (Fsp3) is 0.833. The van der Waals surface area contributed by atoms with Crippen LogP contribution in [-0.4, -0.2) is 49.5 Å². The molecule has 0 bridgehead atoms. The van der Waals surface area contributed by atoms with Crippen molar-refractivity contribution >= 4 is 6.41 Å². The van der Waals surface area contributed by atoms with Crippen LogP contribution in [0, 0.1) is 0 Å². The number of piperazine rings is 1. The molecule has 1 radical (unpaired) electrons. The summed E-state index contributed by atoms with van der Waals surface area (Å²) in [4.78, 5) is 12.1. The topological polar surface area (TPSA) is 35.6 Å². The first-order chi connectivity index (χ1) is 4.83. The summed E-state index contributed by atoms with van der Waals surface area (Å²) < 4.78 is 0. The predicted octanol–water partition coefficient (Wildman–Crippen LogP) is -1.19. The molecule has 1 fully saturated rings. The minimum atomic E-state index is 0.895. The lowest BCUT2D eigenvalue weighted by atomic mass is 10.4. The smallest absolute Gasteiger partial charge is 0.304 e. The average molecular weight is 142 g/mol. The molecular weight excluding hydrogens is 130 g/mol. The summed E-state index contributed by atoms with van der Waals surface area (Å²) >= 11 is 0. The third-order valence-corrected chi connectivity index (χ3v) is 1.71. The van der Waals surface area contributed by atoms with Crippen LogP contribution in [-0.2, 0) is 4.79 Å². The fourth-order valence-electron chi connectivity index (χ4n) is 0.983.